The molecule has 10 heteroatoms. The third-order valence-corrected chi connectivity index (χ3v) is 8.41. The van der Waals surface area contributed by atoms with E-state index in [1.165, 1.54) is 0 Å². The molecular weight excluding hydrogens is 558 g/mol. The Labute approximate surface area is 255 Å². The number of fused-ring (bicyclic) bond motifs is 2. The second-order valence-corrected chi connectivity index (χ2v) is 11.4. The highest BCUT2D eigenvalue weighted by Crippen LogP contribution is 2.42. The maximum Gasteiger partial charge on any atom is 0.167 e. The van der Waals surface area contributed by atoms with Gasteiger partial charge in [-0.1, -0.05) is 72.8 Å². The molecule has 0 amide bonds. The van der Waals surface area contributed by atoms with Gasteiger partial charge in [-0.05, 0) is 42.7 Å². The van der Waals surface area contributed by atoms with E-state index in [0.29, 0.717) is 23.6 Å². The maximum atomic E-state index is 6.31. The Balaban J connectivity index is 1.35. The van der Waals surface area contributed by atoms with Crippen molar-refractivity contribution in [1.29, 1.82) is 0 Å². The number of aromatic nitrogens is 4. The van der Waals surface area contributed by atoms with E-state index in [9.17, 15) is 0 Å². The molecule has 0 aliphatic carbocycles. The standard InChI is InChI=1S/C34H35N5O5/c1-33(2)43-26-19-42-32(29(41-4)28(26)44-33)39-21-37-27-30(35-20-36-31(27)39)38-34(22-11-7-5-8-12-22,23-13-9-6-10-14-23)24-15-17-25(40-3)18-16-24/h5-18,20-21,26,28-29,32H,19H2,1-4H3,(H,35,36,38)/t26-,28-,29+,32+/m0/s1. The van der Waals surface area contributed by atoms with Crippen LogP contribution >= 0.6 is 0 Å². The average Bonchev–Trinajstić information content (AvgIpc) is 3.64. The first kappa shape index (κ1) is 28.4. The molecule has 0 spiro atoms. The van der Waals surface area contributed by atoms with Gasteiger partial charge < -0.3 is 29.0 Å². The van der Waals surface area contributed by atoms with E-state index in [-0.39, 0.29) is 12.2 Å². The fourth-order valence-corrected chi connectivity index (χ4v) is 6.45. The third-order valence-electron chi connectivity index (χ3n) is 8.41. The maximum absolute atomic E-state index is 6.31. The molecule has 0 unspecified atom stereocenters. The molecule has 44 heavy (non-hydrogen) atoms. The van der Waals surface area contributed by atoms with Crippen molar-refractivity contribution >= 4 is 17.0 Å². The molecule has 3 aromatic carbocycles. The van der Waals surface area contributed by atoms with Crippen LogP contribution in [0.1, 0.15) is 36.8 Å². The minimum atomic E-state index is -0.829. The van der Waals surface area contributed by atoms with Crippen molar-refractivity contribution in [3.63, 3.8) is 0 Å². The van der Waals surface area contributed by atoms with E-state index >= 15 is 0 Å². The van der Waals surface area contributed by atoms with Crippen LogP contribution in [0, 0.1) is 0 Å². The lowest BCUT2D eigenvalue weighted by atomic mass is 9.77. The van der Waals surface area contributed by atoms with Crippen molar-refractivity contribution in [1.82, 2.24) is 19.5 Å². The van der Waals surface area contributed by atoms with Gasteiger partial charge in [-0.3, -0.25) is 4.57 Å². The Morgan fingerprint density at radius 1 is 0.841 bits per heavy atom. The molecule has 2 saturated heterocycles. The summed E-state index contributed by atoms with van der Waals surface area (Å²) in [6.07, 6.45) is 1.78. The predicted molar refractivity (Wildman–Crippen MR) is 164 cm³/mol. The molecule has 0 saturated carbocycles. The summed E-state index contributed by atoms with van der Waals surface area (Å²) in [6, 6.07) is 28.7. The van der Waals surface area contributed by atoms with Crippen LogP contribution in [0.2, 0.25) is 0 Å². The van der Waals surface area contributed by atoms with E-state index in [1.807, 2.05) is 66.9 Å². The second-order valence-electron chi connectivity index (χ2n) is 11.4. The van der Waals surface area contributed by atoms with Gasteiger partial charge in [0.25, 0.3) is 0 Å². The van der Waals surface area contributed by atoms with Crippen molar-refractivity contribution in [3.8, 4) is 5.75 Å². The minimum absolute atomic E-state index is 0.227. The highest BCUT2D eigenvalue weighted by atomic mass is 16.8. The van der Waals surface area contributed by atoms with E-state index in [0.717, 1.165) is 22.4 Å². The summed E-state index contributed by atoms with van der Waals surface area (Å²) in [5.74, 6) is 0.621. The van der Waals surface area contributed by atoms with Gasteiger partial charge in [0.2, 0.25) is 0 Å². The average molecular weight is 594 g/mol. The van der Waals surface area contributed by atoms with Crippen LogP contribution in [0.5, 0.6) is 5.75 Å². The van der Waals surface area contributed by atoms with Crippen molar-refractivity contribution in [2.24, 2.45) is 0 Å². The Hall–Kier alpha value is -4.35. The number of rotatable bonds is 8. The lowest BCUT2D eigenvalue weighted by molar-refractivity contribution is -0.191. The Morgan fingerprint density at radius 2 is 1.50 bits per heavy atom. The van der Waals surface area contributed by atoms with E-state index in [1.54, 1.807) is 26.9 Å². The first-order valence-corrected chi connectivity index (χ1v) is 14.6. The van der Waals surface area contributed by atoms with Crippen molar-refractivity contribution in [3.05, 3.63) is 114 Å². The first-order valence-electron chi connectivity index (χ1n) is 14.6. The molecule has 5 aromatic rings. The van der Waals surface area contributed by atoms with Gasteiger partial charge in [0.1, 0.15) is 35.9 Å². The first-order chi connectivity index (χ1) is 21.4. The monoisotopic (exact) mass is 593 g/mol. The van der Waals surface area contributed by atoms with Crippen LogP contribution in [0.4, 0.5) is 5.82 Å². The second kappa shape index (κ2) is 11.3. The third kappa shape index (κ3) is 4.80. The van der Waals surface area contributed by atoms with Crippen LogP contribution < -0.4 is 10.1 Å². The van der Waals surface area contributed by atoms with E-state index in [2.05, 4.69) is 46.7 Å². The normalized spacial score (nSPS) is 22.9. The summed E-state index contributed by atoms with van der Waals surface area (Å²) in [5, 5.41) is 3.83. The van der Waals surface area contributed by atoms with Gasteiger partial charge in [-0.25, -0.2) is 15.0 Å². The predicted octanol–water partition coefficient (Wildman–Crippen LogP) is 5.30. The van der Waals surface area contributed by atoms with Crippen molar-refractivity contribution in [2.75, 3.05) is 26.1 Å². The summed E-state index contributed by atoms with van der Waals surface area (Å²) < 4.78 is 31.9. The fourth-order valence-electron chi connectivity index (χ4n) is 6.45. The topological polar surface area (TPSA) is 102 Å². The number of hydrogen-bond acceptors (Lipinski definition) is 9. The van der Waals surface area contributed by atoms with Crippen molar-refractivity contribution < 1.29 is 23.7 Å². The molecule has 4 heterocycles. The summed E-state index contributed by atoms with van der Waals surface area (Å²) in [7, 11) is 3.32. The van der Waals surface area contributed by atoms with Gasteiger partial charge in [0.15, 0.2) is 29.0 Å². The lowest BCUT2D eigenvalue weighted by Crippen LogP contribution is -2.50. The molecule has 1 N–H and O–H groups in total. The van der Waals surface area contributed by atoms with Crippen LogP contribution in [0.15, 0.2) is 97.6 Å². The van der Waals surface area contributed by atoms with Crippen LogP contribution in [-0.2, 0) is 24.5 Å². The molecule has 2 fully saturated rings. The van der Waals surface area contributed by atoms with Crippen molar-refractivity contribution in [2.45, 2.75) is 49.7 Å². The van der Waals surface area contributed by atoms with Gasteiger partial charge in [-0.15, -0.1) is 0 Å². The highest BCUT2D eigenvalue weighted by Gasteiger charge is 2.52. The van der Waals surface area contributed by atoms with Crippen LogP contribution in [0.25, 0.3) is 11.2 Å². The SMILES string of the molecule is COc1ccc(C(Nc2ncnc3c2ncn3[C@@H]2OC[C@@H]3OC(C)(C)O[C@@H]3[C@H]2OC)(c2ccccc2)c2ccccc2)cc1. The Kier molecular flexibility index (Phi) is 7.30. The molecule has 2 aliphatic rings. The fraction of sp³-hybridized carbons (Fsp3) is 0.324. The molecular formula is C34H35N5O5. The summed E-state index contributed by atoms with van der Waals surface area (Å²) in [5.41, 5.74) is 3.44. The summed E-state index contributed by atoms with van der Waals surface area (Å²) in [4.78, 5) is 14.2. The zero-order valence-corrected chi connectivity index (χ0v) is 25.1. The van der Waals surface area contributed by atoms with Gasteiger partial charge >= 0.3 is 0 Å². The van der Waals surface area contributed by atoms with E-state index in [4.69, 9.17) is 33.7 Å². The van der Waals surface area contributed by atoms with E-state index < -0.39 is 23.7 Å². The molecule has 0 bridgehead atoms. The molecule has 0 radical (unpaired) electrons. The number of anilines is 1. The van der Waals surface area contributed by atoms with Gasteiger partial charge in [-0.2, -0.15) is 0 Å². The smallest absolute Gasteiger partial charge is 0.167 e. The van der Waals surface area contributed by atoms with Gasteiger partial charge in [0.05, 0.1) is 20.0 Å². The Bertz CT molecular complexity index is 1690. The van der Waals surface area contributed by atoms with Gasteiger partial charge in [0, 0.05) is 7.11 Å². The summed E-state index contributed by atoms with van der Waals surface area (Å²) in [6.45, 7) is 4.16. The quantitative estimate of drug-likeness (QED) is 0.240. The van der Waals surface area contributed by atoms with Crippen LogP contribution in [0.3, 0.4) is 0 Å². The Morgan fingerprint density at radius 3 is 2.14 bits per heavy atom. The molecule has 10 nitrogen and oxygen atoms in total. The molecule has 7 rings (SSSR count). The number of methoxy groups -OCH3 is 2. The molecule has 226 valence electrons. The number of hydrogen-bond donors (Lipinski definition) is 1. The summed E-state index contributed by atoms with van der Waals surface area (Å²) >= 11 is 0. The molecule has 2 aromatic heterocycles. The molecule has 4 atom stereocenters. The largest absolute Gasteiger partial charge is 0.497 e. The number of nitrogens with one attached hydrogen (secondary N) is 1. The number of ether oxygens (including phenoxy) is 5. The number of nitrogens with zero attached hydrogens (tertiary/aromatic N) is 4. The highest BCUT2D eigenvalue weighted by molar-refractivity contribution is 5.84. The minimum Gasteiger partial charge on any atom is -0.497 e. The van der Waals surface area contributed by atoms with Crippen LogP contribution in [-0.4, -0.2) is 64.4 Å². The number of benzene rings is 3. The number of imidazole rings is 1. The zero-order chi connectivity index (χ0) is 30.3. The lowest BCUT2D eigenvalue weighted by Gasteiger charge is -2.38. The molecule has 2 aliphatic heterocycles. The zero-order valence-electron chi connectivity index (χ0n) is 25.1.